The average Bonchev–Trinajstić information content (AvgIpc) is 3.25. The molecule has 162 valence electrons. The van der Waals surface area contributed by atoms with E-state index in [1.54, 1.807) is 18.2 Å². The third-order valence-electron chi connectivity index (χ3n) is 5.87. The number of benzene rings is 2. The molecule has 31 heavy (non-hydrogen) atoms. The van der Waals surface area contributed by atoms with Crippen molar-refractivity contribution in [1.82, 2.24) is 15.5 Å². The molecule has 1 aromatic heterocycles. The lowest BCUT2D eigenvalue weighted by Crippen LogP contribution is -2.37. The number of carbonyl (C=O) groups excluding carboxylic acids is 1. The Labute approximate surface area is 181 Å². The first kappa shape index (κ1) is 21.0. The third-order valence-corrected chi connectivity index (χ3v) is 5.87. The highest BCUT2D eigenvalue weighted by Crippen LogP contribution is 2.33. The van der Waals surface area contributed by atoms with E-state index in [1.165, 1.54) is 17.2 Å². The van der Waals surface area contributed by atoms with Crippen molar-refractivity contribution in [3.63, 3.8) is 0 Å². The zero-order valence-corrected chi connectivity index (χ0v) is 17.8. The predicted octanol–water partition coefficient (Wildman–Crippen LogP) is 5.53. The molecule has 0 radical (unpaired) electrons. The number of nitrogens with one attached hydrogen (secondary N) is 2. The Morgan fingerprint density at radius 3 is 2.42 bits per heavy atom. The molecule has 1 saturated carbocycles. The molecule has 4 rings (SSSR count). The number of hydrogen-bond acceptors (Lipinski definition) is 5. The van der Waals surface area contributed by atoms with E-state index < -0.39 is 11.7 Å². The fraction of sp³-hybridized carbons (Fsp3) is 0.375. The normalized spacial score (nSPS) is 18.7. The topological polar surface area (TPSA) is 80.0 Å². The van der Waals surface area contributed by atoms with E-state index in [0.717, 1.165) is 25.7 Å². The van der Waals surface area contributed by atoms with Crippen LogP contribution in [0.15, 0.2) is 52.9 Å². The van der Waals surface area contributed by atoms with E-state index in [1.807, 2.05) is 0 Å². The summed E-state index contributed by atoms with van der Waals surface area (Å²) in [5.74, 6) is 0.0767. The Hall–Kier alpha value is -3.22. The Balaban J connectivity index is 1.29. The average molecular weight is 423 g/mol. The second-order valence-electron chi connectivity index (χ2n) is 8.36. The van der Waals surface area contributed by atoms with Crippen LogP contribution in [0, 0.1) is 5.82 Å². The maximum absolute atomic E-state index is 13.7. The molecule has 3 aromatic rings. The highest BCUT2D eigenvalue weighted by molar-refractivity contribution is 5.89. The highest BCUT2D eigenvalue weighted by Gasteiger charge is 2.25. The summed E-state index contributed by atoms with van der Waals surface area (Å²) in [6.45, 7) is 4.40. The molecule has 1 fully saturated rings. The lowest BCUT2D eigenvalue weighted by Gasteiger charge is -2.29. The van der Waals surface area contributed by atoms with Crippen molar-refractivity contribution in [3.8, 4) is 0 Å². The molecule has 2 N–H and O–H groups in total. The van der Waals surface area contributed by atoms with Crippen LogP contribution in [-0.2, 0) is 0 Å². The van der Waals surface area contributed by atoms with Crippen molar-refractivity contribution >= 4 is 17.6 Å². The summed E-state index contributed by atoms with van der Waals surface area (Å²) in [7, 11) is 0. The maximum Gasteiger partial charge on any atom is 0.320 e. The van der Waals surface area contributed by atoms with Gasteiger partial charge < -0.3 is 15.1 Å². The molecule has 0 atom stereocenters. The van der Waals surface area contributed by atoms with Gasteiger partial charge in [0.1, 0.15) is 5.82 Å². The van der Waals surface area contributed by atoms with Crippen molar-refractivity contribution in [2.24, 2.45) is 0 Å². The highest BCUT2D eigenvalue weighted by atomic mass is 19.1. The lowest BCUT2D eigenvalue weighted by atomic mass is 9.81. The van der Waals surface area contributed by atoms with Gasteiger partial charge in [0.25, 0.3) is 0 Å². The van der Waals surface area contributed by atoms with Gasteiger partial charge in [0.2, 0.25) is 0 Å². The van der Waals surface area contributed by atoms with Crippen molar-refractivity contribution in [2.75, 3.05) is 5.32 Å². The fourth-order valence-corrected chi connectivity index (χ4v) is 4.01. The van der Waals surface area contributed by atoms with Gasteiger partial charge in [-0.15, -0.1) is 5.10 Å². The Kier molecular flexibility index (Phi) is 6.30. The van der Waals surface area contributed by atoms with Gasteiger partial charge >= 0.3 is 17.8 Å². The van der Waals surface area contributed by atoms with Crippen LogP contribution in [0.1, 0.15) is 73.2 Å². The number of rotatable bonds is 6. The standard InChI is InChI=1S/C24H27FN4O2/c1-15(2)16-7-9-17(10-8-16)18-11-13-19(14-12-18)26-22(30)23-28-29-24(31-23)27-21-6-4-3-5-20(21)25/h3-10,15,18-19H,11-14H2,1-2H3,(H,26,30)(H,27,29). The van der Waals surface area contributed by atoms with E-state index in [0.29, 0.717) is 11.8 Å². The van der Waals surface area contributed by atoms with Gasteiger partial charge in [-0.3, -0.25) is 4.79 Å². The first-order chi connectivity index (χ1) is 15.0. The molecule has 0 spiro atoms. The molecule has 7 heteroatoms. The van der Waals surface area contributed by atoms with E-state index in [4.69, 9.17) is 4.42 Å². The van der Waals surface area contributed by atoms with Crippen LogP contribution < -0.4 is 10.6 Å². The summed E-state index contributed by atoms with van der Waals surface area (Å²) in [5, 5.41) is 13.2. The van der Waals surface area contributed by atoms with Gasteiger partial charge in [0.05, 0.1) is 5.69 Å². The molecular weight excluding hydrogens is 395 g/mol. The Bertz CT molecular complexity index is 1020. The summed E-state index contributed by atoms with van der Waals surface area (Å²) in [6.07, 6.45) is 3.85. The number of nitrogens with zero attached hydrogens (tertiary/aromatic N) is 2. The summed E-state index contributed by atoms with van der Waals surface area (Å²) in [6, 6.07) is 15.1. The molecule has 1 heterocycles. The first-order valence-electron chi connectivity index (χ1n) is 10.8. The number of hydrogen-bond donors (Lipinski definition) is 2. The number of carbonyl (C=O) groups is 1. The minimum absolute atomic E-state index is 0.0243. The molecule has 0 bridgehead atoms. The van der Waals surface area contributed by atoms with Crippen LogP contribution in [-0.4, -0.2) is 22.1 Å². The lowest BCUT2D eigenvalue weighted by molar-refractivity contribution is 0.0891. The number of aromatic nitrogens is 2. The van der Waals surface area contributed by atoms with Crippen LogP contribution in [0.5, 0.6) is 0 Å². The molecule has 1 aliphatic carbocycles. The summed E-state index contributed by atoms with van der Waals surface area (Å²) in [4.78, 5) is 12.5. The molecule has 1 aliphatic rings. The summed E-state index contributed by atoms with van der Waals surface area (Å²) >= 11 is 0. The molecule has 6 nitrogen and oxygen atoms in total. The van der Waals surface area contributed by atoms with E-state index in [-0.39, 0.29) is 23.6 Å². The molecular formula is C24H27FN4O2. The zero-order chi connectivity index (χ0) is 21.8. The largest absolute Gasteiger partial charge is 0.399 e. The van der Waals surface area contributed by atoms with E-state index in [9.17, 15) is 9.18 Å². The number of halogens is 1. The van der Waals surface area contributed by atoms with Crippen LogP contribution in [0.3, 0.4) is 0 Å². The monoisotopic (exact) mass is 422 g/mol. The maximum atomic E-state index is 13.7. The Morgan fingerprint density at radius 2 is 1.74 bits per heavy atom. The molecule has 2 aromatic carbocycles. The molecule has 1 amide bonds. The number of amides is 1. The van der Waals surface area contributed by atoms with Gasteiger partial charge in [-0.1, -0.05) is 55.3 Å². The van der Waals surface area contributed by atoms with E-state index in [2.05, 4.69) is 58.9 Å². The van der Waals surface area contributed by atoms with Crippen LogP contribution in [0.25, 0.3) is 0 Å². The molecule has 0 saturated heterocycles. The van der Waals surface area contributed by atoms with Gasteiger partial charge in [-0.05, 0) is 60.8 Å². The SMILES string of the molecule is CC(C)c1ccc(C2CCC(NC(=O)c3nnc(Nc4ccccc4F)o3)CC2)cc1. The second-order valence-corrected chi connectivity index (χ2v) is 8.36. The van der Waals surface area contributed by atoms with Gasteiger partial charge in [-0.25, -0.2) is 4.39 Å². The zero-order valence-electron chi connectivity index (χ0n) is 17.8. The van der Waals surface area contributed by atoms with Crippen molar-refractivity contribution < 1.29 is 13.6 Å². The minimum atomic E-state index is -0.442. The van der Waals surface area contributed by atoms with Gasteiger partial charge in [-0.2, -0.15) is 0 Å². The van der Waals surface area contributed by atoms with Crippen LogP contribution in [0.2, 0.25) is 0 Å². The fourth-order valence-electron chi connectivity index (χ4n) is 4.01. The third kappa shape index (κ3) is 5.10. The summed E-state index contributed by atoms with van der Waals surface area (Å²) < 4.78 is 19.1. The van der Waals surface area contributed by atoms with Gasteiger partial charge in [0, 0.05) is 6.04 Å². The van der Waals surface area contributed by atoms with Crippen molar-refractivity contribution in [3.05, 3.63) is 71.4 Å². The second kappa shape index (κ2) is 9.29. The molecule has 0 unspecified atom stereocenters. The van der Waals surface area contributed by atoms with Crippen molar-refractivity contribution in [1.29, 1.82) is 0 Å². The van der Waals surface area contributed by atoms with Crippen molar-refractivity contribution in [2.45, 2.75) is 57.4 Å². The van der Waals surface area contributed by atoms with Crippen LogP contribution >= 0.6 is 0 Å². The van der Waals surface area contributed by atoms with Gasteiger partial charge in [0.15, 0.2) is 0 Å². The smallest absolute Gasteiger partial charge is 0.320 e. The van der Waals surface area contributed by atoms with E-state index >= 15 is 0 Å². The quantitative estimate of drug-likeness (QED) is 0.546. The Morgan fingerprint density at radius 1 is 1.03 bits per heavy atom. The number of anilines is 2. The number of para-hydroxylation sites is 1. The minimum Gasteiger partial charge on any atom is -0.399 e. The van der Waals surface area contributed by atoms with Crippen LogP contribution in [0.4, 0.5) is 16.1 Å². The molecule has 0 aliphatic heterocycles. The predicted molar refractivity (Wildman–Crippen MR) is 117 cm³/mol. The summed E-state index contributed by atoms with van der Waals surface area (Å²) in [5.41, 5.74) is 2.93. The first-order valence-corrected chi connectivity index (χ1v) is 10.8.